The van der Waals surface area contributed by atoms with Crippen LogP contribution in [0.3, 0.4) is 0 Å². The van der Waals surface area contributed by atoms with Crippen LogP contribution >= 0.6 is 0 Å². The van der Waals surface area contributed by atoms with Gasteiger partial charge in [0, 0.05) is 24.5 Å². The Kier molecular flexibility index (Phi) is 4.80. The zero-order valence-electron chi connectivity index (χ0n) is 11.2. The van der Waals surface area contributed by atoms with Crippen LogP contribution in [0.4, 0.5) is 0 Å². The number of phenols is 1. The fourth-order valence-corrected chi connectivity index (χ4v) is 1.66. The molecule has 0 spiro atoms. The number of carbonyl (C=O) groups excluding carboxylic acids is 3. The second-order valence-electron chi connectivity index (χ2n) is 4.46. The van der Waals surface area contributed by atoms with Crippen LogP contribution in [0.2, 0.25) is 0 Å². The summed E-state index contributed by atoms with van der Waals surface area (Å²) in [7, 11) is 0. The van der Waals surface area contributed by atoms with Gasteiger partial charge in [-0.25, -0.2) is 0 Å². The molecule has 0 saturated heterocycles. The molecular weight excluding hydrogens is 246 g/mol. The van der Waals surface area contributed by atoms with Crippen LogP contribution in [0, 0.1) is 0 Å². The molecule has 1 rings (SSSR count). The molecule has 0 bridgehead atoms. The number of hydrogen-bond acceptors (Lipinski definition) is 4. The molecule has 102 valence electrons. The summed E-state index contributed by atoms with van der Waals surface area (Å²) < 4.78 is 0. The Bertz CT molecular complexity index is 522. The highest BCUT2D eigenvalue weighted by molar-refractivity contribution is 5.95. The van der Waals surface area contributed by atoms with E-state index in [1.54, 1.807) is 19.1 Å². The molecule has 2 N–H and O–H groups in total. The monoisotopic (exact) mass is 263 g/mol. The number of nitrogens with one attached hydrogen (secondary N) is 1. The van der Waals surface area contributed by atoms with E-state index in [1.165, 1.54) is 19.9 Å². The van der Waals surface area contributed by atoms with Gasteiger partial charge in [-0.15, -0.1) is 0 Å². The van der Waals surface area contributed by atoms with E-state index in [-0.39, 0.29) is 29.6 Å². The first-order valence-electron chi connectivity index (χ1n) is 5.94. The van der Waals surface area contributed by atoms with Crippen molar-refractivity contribution < 1.29 is 19.5 Å². The molecule has 1 unspecified atom stereocenters. The van der Waals surface area contributed by atoms with E-state index in [0.29, 0.717) is 11.1 Å². The van der Waals surface area contributed by atoms with Crippen molar-refractivity contribution in [2.75, 3.05) is 0 Å². The maximum absolute atomic E-state index is 11.8. The van der Waals surface area contributed by atoms with E-state index >= 15 is 0 Å². The van der Waals surface area contributed by atoms with Crippen molar-refractivity contribution in [3.63, 3.8) is 0 Å². The molecule has 0 heterocycles. The van der Waals surface area contributed by atoms with Crippen molar-refractivity contribution in [1.29, 1.82) is 0 Å². The van der Waals surface area contributed by atoms with Gasteiger partial charge in [0.05, 0.1) is 6.04 Å². The highest BCUT2D eigenvalue weighted by Gasteiger charge is 2.16. The molecule has 1 atom stereocenters. The van der Waals surface area contributed by atoms with E-state index in [4.69, 9.17) is 0 Å². The minimum atomic E-state index is -0.607. The standard InChI is InChI=1S/C14H17NO4/c1-8(15-10(3)17)13(18)7-12-5-4-11(9(2)16)6-14(12)19/h4-6,8,19H,7H2,1-3H3,(H,15,17). The van der Waals surface area contributed by atoms with Gasteiger partial charge >= 0.3 is 0 Å². The summed E-state index contributed by atoms with van der Waals surface area (Å²) in [6, 6.07) is 3.84. The maximum atomic E-state index is 11.8. The summed E-state index contributed by atoms with van der Waals surface area (Å²) >= 11 is 0. The second kappa shape index (κ2) is 6.13. The second-order valence-corrected chi connectivity index (χ2v) is 4.46. The van der Waals surface area contributed by atoms with Crippen molar-refractivity contribution in [3.8, 4) is 5.75 Å². The highest BCUT2D eigenvalue weighted by atomic mass is 16.3. The topological polar surface area (TPSA) is 83.5 Å². The summed E-state index contributed by atoms with van der Waals surface area (Å²) in [6.45, 7) is 4.33. The predicted octanol–water partition coefficient (Wildman–Crippen LogP) is 1.23. The molecule has 5 nitrogen and oxygen atoms in total. The summed E-state index contributed by atoms with van der Waals surface area (Å²) in [5.74, 6) is -0.728. The van der Waals surface area contributed by atoms with Gasteiger partial charge in [-0.1, -0.05) is 12.1 Å². The van der Waals surface area contributed by atoms with Gasteiger partial charge in [0.15, 0.2) is 11.6 Å². The number of ketones is 2. The van der Waals surface area contributed by atoms with Crippen molar-refractivity contribution >= 4 is 17.5 Å². The molecule has 0 aliphatic heterocycles. The Balaban J connectivity index is 2.80. The van der Waals surface area contributed by atoms with Crippen LogP contribution in [0.15, 0.2) is 18.2 Å². The third-order valence-electron chi connectivity index (χ3n) is 2.76. The molecule has 0 saturated carbocycles. The molecule has 0 radical (unpaired) electrons. The Morgan fingerprint density at radius 2 is 1.89 bits per heavy atom. The molecule has 0 aromatic heterocycles. The lowest BCUT2D eigenvalue weighted by atomic mass is 10.0. The lowest BCUT2D eigenvalue weighted by Gasteiger charge is -2.12. The van der Waals surface area contributed by atoms with E-state index in [1.807, 2.05) is 0 Å². The summed E-state index contributed by atoms with van der Waals surface area (Å²) in [5, 5.41) is 12.2. The van der Waals surface area contributed by atoms with Crippen molar-refractivity contribution in [1.82, 2.24) is 5.32 Å². The van der Waals surface area contributed by atoms with E-state index in [2.05, 4.69) is 5.32 Å². The quantitative estimate of drug-likeness (QED) is 0.783. The Morgan fingerprint density at radius 3 is 2.37 bits per heavy atom. The van der Waals surface area contributed by atoms with E-state index < -0.39 is 6.04 Å². The number of carbonyl (C=O) groups is 3. The normalized spacial score (nSPS) is 11.7. The lowest BCUT2D eigenvalue weighted by molar-refractivity contribution is -0.126. The van der Waals surface area contributed by atoms with Crippen LogP contribution < -0.4 is 5.32 Å². The van der Waals surface area contributed by atoms with Gasteiger partial charge in [-0.3, -0.25) is 14.4 Å². The summed E-state index contributed by atoms with van der Waals surface area (Å²) in [6.07, 6.45) is 0.00542. The molecular formula is C14H17NO4. The molecule has 5 heteroatoms. The summed E-state index contributed by atoms with van der Waals surface area (Å²) in [5.41, 5.74) is 0.829. The first-order chi connectivity index (χ1) is 8.81. The van der Waals surface area contributed by atoms with Gasteiger partial charge in [0.25, 0.3) is 0 Å². The molecule has 0 fully saturated rings. The first-order valence-corrected chi connectivity index (χ1v) is 5.94. The fourth-order valence-electron chi connectivity index (χ4n) is 1.66. The zero-order chi connectivity index (χ0) is 14.6. The van der Waals surface area contributed by atoms with Crippen molar-refractivity contribution in [2.45, 2.75) is 33.2 Å². The van der Waals surface area contributed by atoms with Gasteiger partial charge < -0.3 is 10.4 Å². The van der Waals surface area contributed by atoms with Gasteiger partial charge in [-0.05, 0) is 19.9 Å². The first kappa shape index (κ1) is 14.9. The Morgan fingerprint density at radius 1 is 1.26 bits per heavy atom. The number of hydrogen-bond donors (Lipinski definition) is 2. The number of Topliss-reactive ketones (excluding diaryl/α,β-unsaturated/α-hetero) is 2. The molecule has 0 aliphatic rings. The van der Waals surface area contributed by atoms with Crippen molar-refractivity contribution in [2.24, 2.45) is 0 Å². The van der Waals surface area contributed by atoms with E-state index in [0.717, 1.165) is 0 Å². The Hall–Kier alpha value is -2.17. The van der Waals surface area contributed by atoms with Crippen LogP contribution in [0.25, 0.3) is 0 Å². The summed E-state index contributed by atoms with van der Waals surface area (Å²) in [4.78, 5) is 33.8. The number of rotatable bonds is 5. The van der Waals surface area contributed by atoms with Gasteiger partial charge in [0.2, 0.25) is 5.91 Å². The third kappa shape index (κ3) is 4.21. The number of amides is 1. The largest absolute Gasteiger partial charge is 0.508 e. The SMILES string of the molecule is CC(=O)NC(C)C(=O)Cc1ccc(C(C)=O)cc1O. The molecule has 1 aromatic carbocycles. The number of phenolic OH excluding ortho intramolecular Hbond substituents is 1. The maximum Gasteiger partial charge on any atom is 0.217 e. The van der Waals surface area contributed by atoms with Crippen LogP contribution in [-0.2, 0) is 16.0 Å². The van der Waals surface area contributed by atoms with Crippen LogP contribution in [-0.4, -0.2) is 28.6 Å². The highest BCUT2D eigenvalue weighted by Crippen LogP contribution is 2.20. The minimum Gasteiger partial charge on any atom is -0.508 e. The molecule has 19 heavy (non-hydrogen) atoms. The van der Waals surface area contributed by atoms with Crippen LogP contribution in [0.5, 0.6) is 5.75 Å². The molecule has 1 amide bonds. The van der Waals surface area contributed by atoms with Crippen molar-refractivity contribution in [3.05, 3.63) is 29.3 Å². The van der Waals surface area contributed by atoms with Gasteiger partial charge in [0.1, 0.15) is 5.75 Å². The number of aromatic hydroxyl groups is 1. The average Bonchev–Trinajstić information content (AvgIpc) is 2.30. The smallest absolute Gasteiger partial charge is 0.217 e. The third-order valence-corrected chi connectivity index (χ3v) is 2.76. The molecule has 1 aromatic rings. The average molecular weight is 263 g/mol. The lowest BCUT2D eigenvalue weighted by Crippen LogP contribution is -2.37. The predicted molar refractivity (Wildman–Crippen MR) is 70.1 cm³/mol. The molecule has 0 aliphatic carbocycles. The fraction of sp³-hybridized carbons (Fsp3) is 0.357. The number of benzene rings is 1. The Labute approximate surface area is 111 Å². The van der Waals surface area contributed by atoms with Gasteiger partial charge in [-0.2, -0.15) is 0 Å². The van der Waals surface area contributed by atoms with Crippen LogP contribution in [0.1, 0.15) is 36.7 Å². The minimum absolute atomic E-state index is 0.00542. The van der Waals surface area contributed by atoms with E-state index in [9.17, 15) is 19.5 Å². The zero-order valence-corrected chi connectivity index (χ0v) is 11.2.